The molecular formula is C18H21F2N. The Hall–Kier alpha value is -1.74. The summed E-state index contributed by atoms with van der Waals surface area (Å²) < 4.78 is 27.1. The van der Waals surface area contributed by atoms with Gasteiger partial charge >= 0.3 is 0 Å². The van der Waals surface area contributed by atoms with E-state index < -0.39 is 11.6 Å². The summed E-state index contributed by atoms with van der Waals surface area (Å²) in [7, 11) is 0. The summed E-state index contributed by atoms with van der Waals surface area (Å²) in [6, 6.07) is 14.6. The molecule has 21 heavy (non-hydrogen) atoms. The van der Waals surface area contributed by atoms with Crippen LogP contribution in [-0.4, -0.2) is 12.6 Å². The summed E-state index contributed by atoms with van der Waals surface area (Å²) >= 11 is 0. The van der Waals surface area contributed by atoms with Crippen molar-refractivity contribution in [3.63, 3.8) is 0 Å². The van der Waals surface area contributed by atoms with Crippen LogP contribution in [0.5, 0.6) is 0 Å². The molecule has 0 amide bonds. The maximum absolute atomic E-state index is 13.8. The van der Waals surface area contributed by atoms with Crippen LogP contribution in [-0.2, 0) is 12.8 Å². The van der Waals surface area contributed by atoms with E-state index in [1.54, 1.807) is 12.1 Å². The number of rotatable bonds is 7. The van der Waals surface area contributed by atoms with Crippen molar-refractivity contribution in [2.45, 2.75) is 32.2 Å². The van der Waals surface area contributed by atoms with E-state index in [4.69, 9.17) is 0 Å². The minimum absolute atomic E-state index is 0.101. The molecule has 0 aliphatic carbocycles. The Morgan fingerprint density at radius 1 is 0.952 bits per heavy atom. The van der Waals surface area contributed by atoms with Crippen molar-refractivity contribution in [3.05, 3.63) is 71.3 Å². The molecule has 1 nitrogen and oxygen atoms in total. The molecule has 2 rings (SSSR count). The van der Waals surface area contributed by atoms with Crippen molar-refractivity contribution in [1.29, 1.82) is 0 Å². The summed E-state index contributed by atoms with van der Waals surface area (Å²) in [5.41, 5.74) is 1.63. The molecule has 0 radical (unpaired) electrons. The molecule has 2 aromatic carbocycles. The smallest absolute Gasteiger partial charge is 0.162 e. The number of benzene rings is 2. The molecule has 0 saturated carbocycles. The molecule has 0 aliphatic rings. The maximum Gasteiger partial charge on any atom is 0.162 e. The molecule has 0 saturated heterocycles. The largest absolute Gasteiger partial charge is 0.313 e. The number of nitrogens with one attached hydrogen (secondary N) is 1. The average molecular weight is 289 g/mol. The van der Waals surface area contributed by atoms with Crippen LogP contribution in [0.1, 0.15) is 24.5 Å². The van der Waals surface area contributed by atoms with Gasteiger partial charge in [0.15, 0.2) is 11.6 Å². The van der Waals surface area contributed by atoms with E-state index >= 15 is 0 Å². The predicted molar refractivity (Wildman–Crippen MR) is 82.3 cm³/mol. The first-order valence-corrected chi connectivity index (χ1v) is 7.41. The molecule has 1 unspecified atom stereocenters. The van der Waals surface area contributed by atoms with Crippen molar-refractivity contribution in [2.75, 3.05) is 6.54 Å². The zero-order chi connectivity index (χ0) is 15.1. The highest BCUT2D eigenvalue weighted by molar-refractivity contribution is 5.22. The lowest BCUT2D eigenvalue weighted by molar-refractivity contribution is 0.468. The summed E-state index contributed by atoms with van der Waals surface area (Å²) in [5, 5.41) is 3.42. The van der Waals surface area contributed by atoms with E-state index in [2.05, 4.69) is 24.4 Å². The predicted octanol–water partition coefficient (Wildman–Crippen LogP) is 4.12. The van der Waals surface area contributed by atoms with Crippen molar-refractivity contribution < 1.29 is 8.78 Å². The number of hydrogen-bond donors (Lipinski definition) is 1. The van der Waals surface area contributed by atoms with Crippen LogP contribution in [0.4, 0.5) is 8.78 Å². The van der Waals surface area contributed by atoms with E-state index in [-0.39, 0.29) is 6.04 Å². The first-order chi connectivity index (χ1) is 10.2. The lowest BCUT2D eigenvalue weighted by Crippen LogP contribution is -2.34. The zero-order valence-electron chi connectivity index (χ0n) is 12.3. The molecule has 3 heteroatoms. The molecule has 0 heterocycles. The fourth-order valence-corrected chi connectivity index (χ4v) is 2.44. The second-order valence-electron chi connectivity index (χ2n) is 5.26. The van der Waals surface area contributed by atoms with Gasteiger partial charge in [0.25, 0.3) is 0 Å². The highest BCUT2D eigenvalue weighted by Crippen LogP contribution is 2.15. The van der Waals surface area contributed by atoms with E-state index in [0.29, 0.717) is 12.0 Å². The van der Waals surface area contributed by atoms with Gasteiger partial charge in [0.1, 0.15) is 0 Å². The van der Waals surface area contributed by atoms with Crippen molar-refractivity contribution in [2.24, 2.45) is 0 Å². The Morgan fingerprint density at radius 3 is 2.43 bits per heavy atom. The molecule has 112 valence electrons. The third-order valence-electron chi connectivity index (χ3n) is 3.51. The maximum atomic E-state index is 13.8. The standard InChI is InChI=1S/C18H21F2N/c1-2-11-21-16(12-14-7-4-3-5-8-14)13-15-9-6-10-17(19)18(15)20/h3-10,16,21H,2,11-13H2,1H3. The minimum Gasteiger partial charge on any atom is -0.313 e. The third kappa shape index (κ3) is 4.64. The Balaban J connectivity index is 2.10. The zero-order valence-corrected chi connectivity index (χ0v) is 12.3. The second-order valence-corrected chi connectivity index (χ2v) is 5.26. The van der Waals surface area contributed by atoms with Gasteiger partial charge in [0.2, 0.25) is 0 Å². The van der Waals surface area contributed by atoms with Gasteiger partial charge in [-0.3, -0.25) is 0 Å². The molecular weight excluding hydrogens is 268 g/mol. The van der Waals surface area contributed by atoms with Crippen LogP contribution in [0.2, 0.25) is 0 Å². The highest BCUT2D eigenvalue weighted by Gasteiger charge is 2.14. The quantitative estimate of drug-likeness (QED) is 0.808. The molecule has 1 atom stereocenters. The van der Waals surface area contributed by atoms with Gasteiger partial charge < -0.3 is 5.32 Å². The second kappa shape index (κ2) is 7.89. The van der Waals surface area contributed by atoms with Crippen LogP contribution >= 0.6 is 0 Å². The van der Waals surface area contributed by atoms with E-state index in [1.165, 1.54) is 5.56 Å². The Labute approximate surface area is 125 Å². The molecule has 0 aliphatic heterocycles. The summed E-state index contributed by atoms with van der Waals surface area (Å²) in [6.45, 7) is 2.96. The lowest BCUT2D eigenvalue weighted by atomic mass is 9.98. The van der Waals surface area contributed by atoms with Gasteiger partial charge in [-0.15, -0.1) is 0 Å². The van der Waals surface area contributed by atoms with E-state index in [1.807, 2.05) is 18.2 Å². The highest BCUT2D eigenvalue weighted by atomic mass is 19.2. The van der Waals surface area contributed by atoms with Crippen molar-refractivity contribution >= 4 is 0 Å². The normalized spacial score (nSPS) is 12.3. The number of hydrogen-bond acceptors (Lipinski definition) is 1. The van der Waals surface area contributed by atoms with Gasteiger partial charge in [-0.05, 0) is 43.0 Å². The van der Waals surface area contributed by atoms with E-state index in [0.717, 1.165) is 25.5 Å². The summed E-state index contributed by atoms with van der Waals surface area (Å²) in [4.78, 5) is 0. The third-order valence-corrected chi connectivity index (χ3v) is 3.51. The van der Waals surface area contributed by atoms with Gasteiger partial charge in [0.05, 0.1) is 0 Å². The fourth-order valence-electron chi connectivity index (χ4n) is 2.44. The monoisotopic (exact) mass is 289 g/mol. The van der Waals surface area contributed by atoms with Crippen LogP contribution in [0.15, 0.2) is 48.5 Å². The van der Waals surface area contributed by atoms with Crippen LogP contribution < -0.4 is 5.32 Å². The lowest BCUT2D eigenvalue weighted by Gasteiger charge is -2.19. The van der Waals surface area contributed by atoms with Crippen LogP contribution in [0.25, 0.3) is 0 Å². The molecule has 0 aromatic heterocycles. The van der Waals surface area contributed by atoms with Gasteiger partial charge in [0, 0.05) is 6.04 Å². The molecule has 0 bridgehead atoms. The fraction of sp³-hybridized carbons (Fsp3) is 0.333. The van der Waals surface area contributed by atoms with Crippen LogP contribution in [0.3, 0.4) is 0 Å². The topological polar surface area (TPSA) is 12.0 Å². The van der Waals surface area contributed by atoms with Crippen molar-refractivity contribution in [3.8, 4) is 0 Å². The number of halogens is 2. The summed E-state index contributed by atoms with van der Waals surface area (Å²) in [6.07, 6.45) is 2.30. The molecule has 1 N–H and O–H groups in total. The average Bonchev–Trinajstić information content (AvgIpc) is 2.50. The SMILES string of the molecule is CCCNC(Cc1ccccc1)Cc1cccc(F)c1F. The van der Waals surface area contributed by atoms with E-state index in [9.17, 15) is 8.78 Å². The summed E-state index contributed by atoms with van der Waals surface area (Å²) in [5.74, 6) is -1.50. The Morgan fingerprint density at radius 2 is 1.71 bits per heavy atom. The van der Waals surface area contributed by atoms with Gasteiger partial charge in [-0.25, -0.2) is 8.78 Å². The Bertz CT molecular complexity index is 554. The molecule has 2 aromatic rings. The first kappa shape index (κ1) is 15.6. The molecule has 0 fully saturated rings. The van der Waals surface area contributed by atoms with Gasteiger partial charge in [-0.1, -0.05) is 49.4 Å². The van der Waals surface area contributed by atoms with Gasteiger partial charge in [-0.2, -0.15) is 0 Å². The van der Waals surface area contributed by atoms with Crippen molar-refractivity contribution in [1.82, 2.24) is 5.32 Å². The molecule has 0 spiro atoms. The first-order valence-electron chi connectivity index (χ1n) is 7.41. The van der Waals surface area contributed by atoms with Crippen LogP contribution in [0, 0.1) is 11.6 Å². The minimum atomic E-state index is -0.776. The Kier molecular flexibility index (Phi) is 5.88.